The highest BCUT2D eigenvalue weighted by Gasteiger charge is 2.15. The van der Waals surface area contributed by atoms with Crippen LogP contribution in [0.15, 0.2) is 48.5 Å². The number of methoxy groups -OCH3 is 1. The van der Waals surface area contributed by atoms with Crippen LogP contribution >= 0.6 is 0 Å². The molecule has 0 heterocycles. The largest absolute Gasteiger partial charge is 0.465 e. The van der Waals surface area contributed by atoms with Crippen molar-refractivity contribution in [3.8, 4) is 11.1 Å². The highest BCUT2D eigenvalue weighted by molar-refractivity contribution is 5.97. The summed E-state index contributed by atoms with van der Waals surface area (Å²) in [7, 11) is 1.40. The fraction of sp³-hybridized carbons (Fsp3) is 0.278. The van der Waals surface area contributed by atoms with Gasteiger partial charge in [0.1, 0.15) is 0 Å². The van der Waals surface area contributed by atoms with E-state index in [-0.39, 0.29) is 11.4 Å². The molecule has 2 rings (SSSR count). The van der Waals surface area contributed by atoms with Crippen LogP contribution in [0.5, 0.6) is 0 Å². The smallest absolute Gasteiger partial charge is 0.338 e. The zero-order chi connectivity index (χ0) is 14.8. The van der Waals surface area contributed by atoms with Gasteiger partial charge in [-0.3, -0.25) is 0 Å². The fourth-order valence-electron chi connectivity index (χ4n) is 2.17. The third-order valence-electron chi connectivity index (χ3n) is 3.39. The zero-order valence-electron chi connectivity index (χ0n) is 12.4. The quantitative estimate of drug-likeness (QED) is 0.753. The molecule has 0 amide bonds. The Morgan fingerprint density at radius 1 is 0.950 bits per heavy atom. The van der Waals surface area contributed by atoms with Crippen LogP contribution in [0.25, 0.3) is 11.1 Å². The summed E-state index contributed by atoms with van der Waals surface area (Å²) >= 11 is 0. The van der Waals surface area contributed by atoms with Crippen molar-refractivity contribution in [1.82, 2.24) is 0 Å². The number of carbonyl (C=O) groups excluding carboxylic acids is 1. The van der Waals surface area contributed by atoms with Gasteiger partial charge in [0.2, 0.25) is 0 Å². The standard InChI is InChI=1S/C18H20O2/c1-18(2,3)14-11-9-13(10-12-14)15-7-5-6-8-16(15)17(19)20-4/h5-12H,1-4H3. The van der Waals surface area contributed by atoms with Crippen molar-refractivity contribution in [2.24, 2.45) is 0 Å². The van der Waals surface area contributed by atoms with Gasteiger partial charge in [-0.05, 0) is 28.2 Å². The number of benzene rings is 2. The molecule has 20 heavy (non-hydrogen) atoms. The first-order valence-corrected chi connectivity index (χ1v) is 6.72. The van der Waals surface area contributed by atoms with E-state index in [1.807, 2.05) is 18.2 Å². The molecule has 2 aromatic rings. The van der Waals surface area contributed by atoms with Crippen LogP contribution in [0.4, 0.5) is 0 Å². The van der Waals surface area contributed by atoms with E-state index in [1.165, 1.54) is 12.7 Å². The minimum Gasteiger partial charge on any atom is -0.465 e. The van der Waals surface area contributed by atoms with Crippen molar-refractivity contribution in [3.63, 3.8) is 0 Å². The monoisotopic (exact) mass is 268 g/mol. The predicted octanol–water partition coefficient (Wildman–Crippen LogP) is 4.44. The maximum absolute atomic E-state index is 11.8. The summed E-state index contributed by atoms with van der Waals surface area (Å²) in [5.74, 6) is -0.305. The topological polar surface area (TPSA) is 26.3 Å². The summed E-state index contributed by atoms with van der Waals surface area (Å²) in [5, 5.41) is 0. The Morgan fingerprint density at radius 2 is 1.55 bits per heavy atom. The Balaban J connectivity index is 2.45. The molecule has 0 radical (unpaired) electrons. The number of ether oxygens (including phenoxy) is 1. The van der Waals surface area contributed by atoms with Crippen LogP contribution < -0.4 is 0 Å². The SMILES string of the molecule is COC(=O)c1ccccc1-c1ccc(C(C)(C)C)cc1. The summed E-state index contributed by atoms with van der Waals surface area (Å²) in [6, 6.07) is 15.9. The third kappa shape index (κ3) is 2.90. The lowest BCUT2D eigenvalue weighted by atomic mass is 9.86. The van der Waals surface area contributed by atoms with Crippen LogP contribution in [0, 0.1) is 0 Å². The Morgan fingerprint density at radius 3 is 2.10 bits per heavy atom. The predicted molar refractivity (Wildman–Crippen MR) is 81.9 cm³/mol. The van der Waals surface area contributed by atoms with Crippen LogP contribution in [-0.4, -0.2) is 13.1 Å². The molecule has 0 atom stereocenters. The van der Waals surface area contributed by atoms with Crippen molar-refractivity contribution >= 4 is 5.97 Å². The normalized spacial score (nSPS) is 11.2. The lowest BCUT2D eigenvalue weighted by Gasteiger charge is -2.19. The first kappa shape index (κ1) is 14.3. The van der Waals surface area contributed by atoms with Crippen LogP contribution in [0.2, 0.25) is 0 Å². The van der Waals surface area contributed by atoms with Crippen molar-refractivity contribution in [2.45, 2.75) is 26.2 Å². The molecular weight excluding hydrogens is 248 g/mol. The molecule has 0 fully saturated rings. The van der Waals surface area contributed by atoms with Crippen molar-refractivity contribution < 1.29 is 9.53 Å². The van der Waals surface area contributed by atoms with E-state index in [0.717, 1.165) is 11.1 Å². The summed E-state index contributed by atoms with van der Waals surface area (Å²) in [4.78, 5) is 11.8. The second-order valence-electron chi connectivity index (χ2n) is 5.86. The summed E-state index contributed by atoms with van der Waals surface area (Å²) in [6.07, 6.45) is 0. The highest BCUT2D eigenvalue weighted by atomic mass is 16.5. The maximum Gasteiger partial charge on any atom is 0.338 e. The van der Waals surface area contributed by atoms with Gasteiger partial charge in [-0.1, -0.05) is 63.2 Å². The van der Waals surface area contributed by atoms with Crippen molar-refractivity contribution in [1.29, 1.82) is 0 Å². The number of esters is 1. The van der Waals surface area contributed by atoms with Gasteiger partial charge in [-0.25, -0.2) is 4.79 Å². The molecule has 0 N–H and O–H groups in total. The first-order chi connectivity index (χ1) is 9.43. The van der Waals surface area contributed by atoms with Gasteiger partial charge < -0.3 is 4.74 Å². The van der Waals surface area contributed by atoms with E-state index in [4.69, 9.17) is 4.74 Å². The lowest BCUT2D eigenvalue weighted by molar-refractivity contribution is 0.0601. The van der Waals surface area contributed by atoms with Gasteiger partial charge in [-0.15, -0.1) is 0 Å². The molecule has 0 aliphatic heterocycles. The molecular formula is C18H20O2. The van der Waals surface area contributed by atoms with Crippen molar-refractivity contribution in [2.75, 3.05) is 7.11 Å². The number of hydrogen-bond acceptors (Lipinski definition) is 2. The second kappa shape index (κ2) is 5.49. The van der Waals surface area contributed by atoms with E-state index in [2.05, 4.69) is 45.0 Å². The fourth-order valence-corrected chi connectivity index (χ4v) is 2.17. The Bertz CT molecular complexity index is 604. The minimum absolute atomic E-state index is 0.125. The molecule has 0 aliphatic rings. The Hall–Kier alpha value is -2.09. The van der Waals surface area contributed by atoms with Crippen LogP contribution in [-0.2, 0) is 10.2 Å². The molecule has 0 unspecified atom stereocenters. The lowest BCUT2D eigenvalue weighted by Crippen LogP contribution is -2.10. The maximum atomic E-state index is 11.8. The Kier molecular flexibility index (Phi) is 3.93. The average Bonchev–Trinajstić information content (AvgIpc) is 2.45. The van der Waals surface area contributed by atoms with Crippen LogP contribution in [0.3, 0.4) is 0 Å². The summed E-state index contributed by atoms with van der Waals surface area (Å²) in [6.45, 7) is 6.55. The van der Waals surface area contributed by atoms with Gasteiger partial charge in [0.15, 0.2) is 0 Å². The van der Waals surface area contributed by atoms with Gasteiger partial charge in [-0.2, -0.15) is 0 Å². The zero-order valence-corrected chi connectivity index (χ0v) is 12.4. The molecule has 2 aromatic carbocycles. The third-order valence-corrected chi connectivity index (χ3v) is 3.39. The molecule has 0 saturated heterocycles. The molecule has 2 heteroatoms. The minimum atomic E-state index is -0.305. The molecule has 0 aromatic heterocycles. The molecule has 0 spiro atoms. The van der Waals surface area contributed by atoms with E-state index >= 15 is 0 Å². The first-order valence-electron chi connectivity index (χ1n) is 6.72. The summed E-state index contributed by atoms with van der Waals surface area (Å²) in [5.41, 5.74) is 3.93. The highest BCUT2D eigenvalue weighted by Crippen LogP contribution is 2.28. The number of carbonyl (C=O) groups is 1. The van der Waals surface area contributed by atoms with E-state index in [0.29, 0.717) is 5.56 Å². The second-order valence-corrected chi connectivity index (χ2v) is 5.86. The number of rotatable bonds is 2. The Labute approximate surface area is 120 Å². The molecule has 2 nitrogen and oxygen atoms in total. The molecule has 0 aliphatic carbocycles. The van der Waals surface area contributed by atoms with Gasteiger partial charge in [0, 0.05) is 0 Å². The number of hydrogen-bond donors (Lipinski definition) is 0. The summed E-state index contributed by atoms with van der Waals surface area (Å²) < 4.78 is 4.84. The average molecular weight is 268 g/mol. The van der Waals surface area contributed by atoms with Gasteiger partial charge in [0.25, 0.3) is 0 Å². The van der Waals surface area contributed by atoms with Crippen molar-refractivity contribution in [3.05, 3.63) is 59.7 Å². The van der Waals surface area contributed by atoms with Gasteiger partial charge >= 0.3 is 5.97 Å². The van der Waals surface area contributed by atoms with E-state index in [1.54, 1.807) is 6.07 Å². The van der Waals surface area contributed by atoms with E-state index in [9.17, 15) is 4.79 Å². The molecule has 0 bridgehead atoms. The van der Waals surface area contributed by atoms with Gasteiger partial charge in [0.05, 0.1) is 12.7 Å². The molecule has 0 saturated carbocycles. The molecule has 104 valence electrons. The van der Waals surface area contributed by atoms with Crippen LogP contribution in [0.1, 0.15) is 36.7 Å². The van der Waals surface area contributed by atoms with E-state index < -0.39 is 0 Å².